The molecule has 0 unspecified atom stereocenters. The zero-order valence-electron chi connectivity index (χ0n) is 11.4. The van der Waals surface area contributed by atoms with Gasteiger partial charge in [-0.25, -0.2) is 0 Å². The van der Waals surface area contributed by atoms with E-state index in [1.54, 1.807) is 12.4 Å². The maximum Gasteiger partial charge on any atom is 0.160 e. The van der Waals surface area contributed by atoms with Crippen LogP contribution in [0, 0.1) is 0 Å². The van der Waals surface area contributed by atoms with Gasteiger partial charge in [-0.3, -0.25) is 9.98 Å². The van der Waals surface area contributed by atoms with Crippen LogP contribution < -0.4 is 15.3 Å². The lowest BCUT2D eigenvalue weighted by atomic mass is 10.2. The largest absolute Gasteiger partial charge is 0.373 e. The predicted octanol–water partition coefficient (Wildman–Crippen LogP) is 2.42. The van der Waals surface area contributed by atoms with Gasteiger partial charge >= 0.3 is 0 Å². The van der Waals surface area contributed by atoms with E-state index in [-0.39, 0.29) is 0 Å². The molecule has 0 amide bonds. The average Bonchev–Trinajstić information content (AvgIpc) is 2.54. The van der Waals surface area contributed by atoms with Crippen molar-refractivity contribution < 1.29 is 9.68 Å². The predicted molar refractivity (Wildman–Crippen MR) is 82.2 cm³/mol. The van der Waals surface area contributed by atoms with Crippen molar-refractivity contribution in [3.63, 3.8) is 0 Å². The molecule has 5 nitrogen and oxygen atoms in total. The van der Waals surface area contributed by atoms with Gasteiger partial charge in [0.15, 0.2) is 11.5 Å². The van der Waals surface area contributed by atoms with E-state index in [9.17, 15) is 0 Å². The molecule has 0 fully saturated rings. The summed E-state index contributed by atoms with van der Waals surface area (Å²) in [6, 6.07) is 15.2. The Morgan fingerprint density at radius 3 is 1.71 bits per heavy atom. The fraction of sp³-hybridized carbons (Fsp3) is 0.125. The molecule has 1 N–H and O–H groups in total. The lowest BCUT2D eigenvalue weighted by Crippen LogP contribution is -2.23. The highest BCUT2D eigenvalue weighted by atomic mass is 16.9. The number of nitrogens with zero attached hydrogens (tertiary/aromatic N) is 2. The van der Waals surface area contributed by atoms with Gasteiger partial charge in [-0.2, -0.15) is 0 Å². The van der Waals surface area contributed by atoms with Crippen LogP contribution in [0.15, 0.2) is 58.5 Å². The fourth-order valence-electron chi connectivity index (χ4n) is 1.91. The summed E-state index contributed by atoms with van der Waals surface area (Å²) in [5.74, 6) is 1.30. The van der Waals surface area contributed by atoms with Crippen LogP contribution in [0.5, 0.6) is 11.5 Å². The standard InChI is InChI=1S/C16H15N3O2/c1-3-7-15-13(5-1)11-17-9-10-18-12-14-6-2-4-8-16(14)21-19-20-15/h1-8,11-12,19H,9-10H2. The van der Waals surface area contributed by atoms with Crippen LogP contribution in [-0.2, 0) is 0 Å². The smallest absolute Gasteiger partial charge is 0.160 e. The van der Waals surface area contributed by atoms with Crippen molar-refractivity contribution >= 4 is 12.4 Å². The third-order valence-corrected chi connectivity index (χ3v) is 2.96. The molecule has 0 atom stereocenters. The third-order valence-electron chi connectivity index (χ3n) is 2.96. The molecule has 0 aromatic heterocycles. The summed E-state index contributed by atoms with van der Waals surface area (Å²) in [7, 11) is 0. The molecule has 0 aliphatic carbocycles. The first-order valence-electron chi connectivity index (χ1n) is 6.70. The SMILES string of the molecule is C1=NCCN=Cc2ccccc2ONOc2ccccc21. The Bertz CT molecular complexity index is 611. The summed E-state index contributed by atoms with van der Waals surface area (Å²) in [4.78, 5) is 19.6. The summed E-state index contributed by atoms with van der Waals surface area (Å²) in [6.45, 7) is 1.25. The number of hydrogen-bond acceptors (Lipinski definition) is 5. The highest BCUT2D eigenvalue weighted by Gasteiger charge is 2.04. The van der Waals surface area contributed by atoms with Crippen LogP contribution in [0.1, 0.15) is 11.1 Å². The summed E-state index contributed by atoms with van der Waals surface area (Å²) >= 11 is 0. The molecule has 0 spiro atoms. The molecular weight excluding hydrogens is 266 g/mol. The molecule has 2 aromatic carbocycles. The molecule has 106 valence electrons. The van der Waals surface area contributed by atoms with Crippen molar-refractivity contribution in [2.75, 3.05) is 13.1 Å². The van der Waals surface area contributed by atoms with E-state index >= 15 is 0 Å². The molecule has 1 heterocycles. The van der Waals surface area contributed by atoms with E-state index in [0.717, 1.165) is 11.1 Å². The fourth-order valence-corrected chi connectivity index (χ4v) is 1.91. The van der Waals surface area contributed by atoms with Gasteiger partial charge in [-0.15, -0.1) is 0 Å². The van der Waals surface area contributed by atoms with Crippen LogP contribution in [-0.4, -0.2) is 25.5 Å². The van der Waals surface area contributed by atoms with Gasteiger partial charge in [-0.05, 0) is 24.3 Å². The minimum atomic E-state index is 0.626. The summed E-state index contributed by atoms with van der Waals surface area (Å²) in [5.41, 5.74) is 4.27. The van der Waals surface area contributed by atoms with E-state index in [2.05, 4.69) is 15.6 Å². The Morgan fingerprint density at radius 1 is 0.714 bits per heavy atom. The van der Waals surface area contributed by atoms with Crippen LogP contribution in [0.4, 0.5) is 0 Å². The third kappa shape index (κ3) is 3.46. The van der Waals surface area contributed by atoms with Crippen LogP contribution in [0.2, 0.25) is 0 Å². The van der Waals surface area contributed by atoms with E-state index in [4.69, 9.17) is 9.68 Å². The van der Waals surface area contributed by atoms with E-state index in [1.807, 2.05) is 48.5 Å². The van der Waals surface area contributed by atoms with E-state index in [0.29, 0.717) is 24.6 Å². The van der Waals surface area contributed by atoms with Gasteiger partial charge in [0, 0.05) is 29.2 Å². The lowest BCUT2D eigenvalue weighted by Gasteiger charge is -2.11. The Hall–Kier alpha value is -2.66. The van der Waals surface area contributed by atoms with Crippen LogP contribution in [0.25, 0.3) is 0 Å². The van der Waals surface area contributed by atoms with Crippen molar-refractivity contribution in [1.82, 2.24) is 5.64 Å². The molecule has 0 saturated heterocycles. The quantitative estimate of drug-likeness (QED) is 0.807. The first kappa shape index (κ1) is 13.3. The molecule has 1 aliphatic rings. The minimum absolute atomic E-state index is 0.626. The van der Waals surface area contributed by atoms with Crippen molar-refractivity contribution in [2.45, 2.75) is 0 Å². The number of hydrogen-bond donors (Lipinski definition) is 1. The average molecular weight is 281 g/mol. The van der Waals surface area contributed by atoms with Gasteiger partial charge in [-0.1, -0.05) is 24.3 Å². The van der Waals surface area contributed by atoms with Crippen molar-refractivity contribution in [3.8, 4) is 11.5 Å². The Kier molecular flexibility index (Phi) is 4.24. The monoisotopic (exact) mass is 281 g/mol. The molecule has 3 rings (SSSR count). The molecule has 0 radical (unpaired) electrons. The summed E-state index contributed by atoms with van der Waals surface area (Å²) in [6.07, 6.45) is 3.55. The van der Waals surface area contributed by atoms with E-state index in [1.165, 1.54) is 0 Å². The molecule has 1 aliphatic heterocycles. The Labute approximate surface area is 122 Å². The van der Waals surface area contributed by atoms with Gasteiger partial charge in [0.05, 0.1) is 13.1 Å². The summed E-state index contributed by atoms with van der Waals surface area (Å²) < 4.78 is 0. The number of para-hydroxylation sites is 2. The second-order valence-corrected chi connectivity index (χ2v) is 4.43. The lowest BCUT2D eigenvalue weighted by molar-refractivity contribution is -0.0193. The maximum absolute atomic E-state index is 5.45. The molecule has 0 saturated carbocycles. The Morgan fingerprint density at radius 2 is 1.19 bits per heavy atom. The number of rotatable bonds is 0. The highest BCUT2D eigenvalue weighted by Crippen LogP contribution is 2.17. The molecule has 2 aromatic rings. The van der Waals surface area contributed by atoms with Crippen molar-refractivity contribution in [2.24, 2.45) is 9.98 Å². The van der Waals surface area contributed by atoms with Crippen LogP contribution in [0.3, 0.4) is 0 Å². The zero-order valence-corrected chi connectivity index (χ0v) is 11.4. The second-order valence-electron chi connectivity index (χ2n) is 4.43. The molecule has 0 bridgehead atoms. The van der Waals surface area contributed by atoms with Crippen molar-refractivity contribution in [3.05, 3.63) is 59.7 Å². The molecular formula is C16H15N3O2. The first-order chi connectivity index (χ1) is 10.4. The normalized spacial score (nSPS) is 14.5. The van der Waals surface area contributed by atoms with Gasteiger partial charge in [0.25, 0.3) is 0 Å². The number of nitrogens with one attached hydrogen (secondary N) is 1. The van der Waals surface area contributed by atoms with Gasteiger partial charge in [0.2, 0.25) is 0 Å². The van der Waals surface area contributed by atoms with Crippen molar-refractivity contribution in [1.29, 1.82) is 0 Å². The number of benzene rings is 2. The minimum Gasteiger partial charge on any atom is -0.373 e. The summed E-state index contributed by atoms with van der Waals surface area (Å²) in [5, 5.41) is 0. The van der Waals surface area contributed by atoms with Gasteiger partial charge in [0.1, 0.15) is 0 Å². The maximum atomic E-state index is 5.45. The Balaban J connectivity index is 1.86. The highest BCUT2D eigenvalue weighted by molar-refractivity contribution is 5.84. The molecule has 5 heteroatoms. The van der Waals surface area contributed by atoms with Crippen LogP contribution >= 0.6 is 0 Å². The number of fused-ring (bicyclic) bond motifs is 2. The zero-order chi connectivity index (χ0) is 14.3. The van der Waals surface area contributed by atoms with E-state index < -0.39 is 0 Å². The first-order valence-corrected chi connectivity index (χ1v) is 6.70. The second kappa shape index (κ2) is 6.67. The molecule has 21 heavy (non-hydrogen) atoms. The number of aliphatic imine (C=N–C) groups is 2. The van der Waals surface area contributed by atoms with Gasteiger partial charge < -0.3 is 9.68 Å². The topological polar surface area (TPSA) is 55.2 Å².